The Morgan fingerprint density at radius 3 is 2.72 bits per heavy atom. The minimum atomic E-state index is -0.463. The van der Waals surface area contributed by atoms with Crippen LogP contribution in [0, 0.1) is 17.0 Å². The number of aromatic nitrogens is 2. The molecule has 1 heterocycles. The molecule has 1 N–H and O–H groups in total. The van der Waals surface area contributed by atoms with Gasteiger partial charge >= 0.3 is 0 Å². The zero-order valence-corrected chi connectivity index (χ0v) is 13.5. The van der Waals surface area contributed by atoms with Gasteiger partial charge in [-0.2, -0.15) is 5.10 Å². The average Bonchev–Trinajstić information content (AvgIpc) is 3.05. The molecule has 7 nitrogen and oxygen atoms in total. The predicted molar refractivity (Wildman–Crippen MR) is 93.7 cm³/mol. The molecule has 3 rings (SSSR count). The summed E-state index contributed by atoms with van der Waals surface area (Å²) in [7, 11) is 0. The second-order valence-corrected chi connectivity index (χ2v) is 5.61. The molecule has 0 aliphatic carbocycles. The van der Waals surface area contributed by atoms with Crippen molar-refractivity contribution in [2.45, 2.75) is 13.3 Å². The van der Waals surface area contributed by atoms with Crippen LogP contribution in [-0.4, -0.2) is 20.6 Å². The molecule has 25 heavy (non-hydrogen) atoms. The normalized spacial score (nSPS) is 10.4. The van der Waals surface area contributed by atoms with Gasteiger partial charge in [-0.05, 0) is 30.7 Å². The Labute approximate surface area is 144 Å². The van der Waals surface area contributed by atoms with Crippen molar-refractivity contribution in [2.24, 2.45) is 0 Å². The number of hydrogen-bond acceptors (Lipinski definition) is 4. The number of amides is 1. The maximum atomic E-state index is 12.2. The van der Waals surface area contributed by atoms with Gasteiger partial charge in [0, 0.05) is 23.5 Å². The number of nitrogens with zero attached hydrogens (tertiary/aromatic N) is 3. The largest absolute Gasteiger partial charge is 0.326 e. The number of carbonyl (C=O) groups is 1. The first-order valence-corrected chi connectivity index (χ1v) is 7.67. The summed E-state index contributed by atoms with van der Waals surface area (Å²) in [4.78, 5) is 22.7. The van der Waals surface area contributed by atoms with Crippen LogP contribution in [-0.2, 0) is 11.2 Å². The topological polar surface area (TPSA) is 90.1 Å². The number of rotatable bonds is 5. The van der Waals surface area contributed by atoms with Crippen molar-refractivity contribution in [1.29, 1.82) is 0 Å². The molecule has 0 bridgehead atoms. The summed E-state index contributed by atoms with van der Waals surface area (Å²) in [5, 5.41) is 17.9. The third-order valence-corrected chi connectivity index (χ3v) is 3.71. The Morgan fingerprint density at radius 2 is 2.00 bits per heavy atom. The fraction of sp³-hybridized carbons (Fsp3) is 0.111. The lowest BCUT2D eigenvalue weighted by molar-refractivity contribution is -0.385. The molecule has 0 aliphatic rings. The molecule has 1 aromatic heterocycles. The van der Waals surface area contributed by atoms with E-state index in [2.05, 4.69) is 10.4 Å². The quantitative estimate of drug-likeness (QED) is 0.572. The Balaban J connectivity index is 1.68. The molecule has 0 unspecified atom stereocenters. The smallest absolute Gasteiger partial charge is 0.274 e. The van der Waals surface area contributed by atoms with Crippen LogP contribution in [0.2, 0.25) is 0 Å². The van der Waals surface area contributed by atoms with E-state index in [0.717, 1.165) is 11.3 Å². The van der Waals surface area contributed by atoms with Gasteiger partial charge in [0.2, 0.25) is 5.91 Å². The standard InChI is InChI=1S/C18H16N4O3/c1-13-7-8-15(10-17(13)22(24)25)20-18(23)9-14-11-19-21(12-14)16-5-3-2-4-6-16/h2-8,10-12H,9H2,1H3,(H,20,23). The van der Waals surface area contributed by atoms with E-state index in [1.165, 1.54) is 6.07 Å². The monoisotopic (exact) mass is 336 g/mol. The maximum Gasteiger partial charge on any atom is 0.274 e. The molecule has 126 valence electrons. The van der Waals surface area contributed by atoms with Gasteiger partial charge in [-0.1, -0.05) is 24.3 Å². The summed E-state index contributed by atoms with van der Waals surface area (Å²) in [6, 6.07) is 14.2. The summed E-state index contributed by atoms with van der Waals surface area (Å²) in [5.41, 5.74) is 2.59. The molecule has 1 amide bonds. The number of anilines is 1. The lowest BCUT2D eigenvalue weighted by atomic mass is 10.1. The van der Waals surface area contributed by atoms with E-state index in [4.69, 9.17) is 0 Å². The van der Waals surface area contributed by atoms with E-state index >= 15 is 0 Å². The summed E-state index contributed by atoms with van der Waals surface area (Å²) in [5.74, 6) is -0.259. The maximum absolute atomic E-state index is 12.2. The highest BCUT2D eigenvalue weighted by Gasteiger charge is 2.13. The molecule has 0 radical (unpaired) electrons. The number of aryl methyl sites for hydroxylation is 1. The van der Waals surface area contributed by atoms with E-state index in [0.29, 0.717) is 11.3 Å². The minimum absolute atomic E-state index is 0.0188. The summed E-state index contributed by atoms with van der Waals surface area (Å²) in [6.07, 6.45) is 3.55. The van der Waals surface area contributed by atoms with Crippen molar-refractivity contribution in [3.8, 4) is 5.69 Å². The highest BCUT2D eigenvalue weighted by Crippen LogP contribution is 2.22. The van der Waals surface area contributed by atoms with Crippen molar-refractivity contribution in [1.82, 2.24) is 9.78 Å². The zero-order chi connectivity index (χ0) is 17.8. The lowest BCUT2D eigenvalue weighted by Crippen LogP contribution is -2.14. The average molecular weight is 336 g/mol. The Kier molecular flexibility index (Phi) is 4.56. The minimum Gasteiger partial charge on any atom is -0.326 e. The van der Waals surface area contributed by atoms with Crippen molar-refractivity contribution >= 4 is 17.3 Å². The molecule has 0 atom stereocenters. The Bertz CT molecular complexity index is 919. The van der Waals surface area contributed by atoms with E-state index in [-0.39, 0.29) is 18.0 Å². The van der Waals surface area contributed by atoms with Crippen LogP contribution in [0.5, 0.6) is 0 Å². The van der Waals surface area contributed by atoms with Gasteiger partial charge in [-0.25, -0.2) is 4.68 Å². The molecule has 0 saturated heterocycles. The number of para-hydroxylation sites is 1. The summed E-state index contributed by atoms with van der Waals surface area (Å²) in [6.45, 7) is 1.65. The number of nitro benzene ring substituents is 1. The first kappa shape index (κ1) is 16.4. The van der Waals surface area contributed by atoms with Crippen LogP contribution in [0.25, 0.3) is 5.69 Å². The summed E-state index contributed by atoms with van der Waals surface area (Å²) >= 11 is 0. The molecule has 0 fully saturated rings. The second-order valence-electron chi connectivity index (χ2n) is 5.61. The van der Waals surface area contributed by atoms with Crippen LogP contribution in [0.1, 0.15) is 11.1 Å². The number of nitrogens with one attached hydrogen (secondary N) is 1. The number of benzene rings is 2. The van der Waals surface area contributed by atoms with E-state index in [1.54, 1.807) is 36.1 Å². The highest BCUT2D eigenvalue weighted by atomic mass is 16.6. The predicted octanol–water partition coefficient (Wildman–Crippen LogP) is 3.27. The Hall–Kier alpha value is -3.48. The number of hydrogen-bond donors (Lipinski definition) is 1. The lowest BCUT2D eigenvalue weighted by Gasteiger charge is -2.05. The van der Waals surface area contributed by atoms with Crippen molar-refractivity contribution < 1.29 is 9.72 Å². The number of nitro groups is 1. The molecule has 0 aliphatic heterocycles. The SMILES string of the molecule is Cc1ccc(NC(=O)Cc2cnn(-c3ccccc3)c2)cc1[N+](=O)[O-]. The van der Waals surface area contributed by atoms with E-state index in [9.17, 15) is 14.9 Å². The number of carbonyl (C=O) groups excluding carboxylic acids is 1. The zero-order valence-electron chi connectivity index (χ0n) is 13.5. The van der Waals surface area contributed by atoms with Crippen molar-refractivity contribution in [3.05, 3.63) is 82.2 Å². The third kappa shape index (κ3) is 3.89. The van der Waals surface area contributed by atoms with Crippen molar-refractivity contribution in [2.75, 3.05) is 5.32 Å². The van der Waals surface area contributed by atoms with Gasteiger partial charge in [0.1, 0.15) is 0 Å². The van der Waals surface area contributed by atoms with Gasteiger partial charge in [0.05, 0.1) is 23.2 Å². The van der Waals surface area contributed by atoms with E-state index < -0.39 is 4.92 Å². The molecular weight excluding hydrogens is 320 g/mol. The van der Waals surface area contributed by atoms with Gasteiger partial charge in [-0.3, -0.25) is 14.9 Å². The second kappa shape index (κ2) is 6.96. The van der Waals surface area contributed by atoms with Crippen LogP contribution in [0.4, 0.5) is 11.4 Å². The van der Waals surface area contributed by atoms with Crippen LogP contribution >= 0.6 is 0 Å². The molecule has 0 saturated carbocycles. The third-order valence-electron chi connectivity index (χ3n) is 3.71. The van der Waals surface area contributed by atoms with Gasteiger partial charge in [-0.15, -0.1) is 0 Å². The van der Waals surface area contributed by atoms with Crippen LogP contribution < -0.4 is 5.32 Å². The van der Waals surface area contributed by atoms with Gasteiger partial charge in [0.25, 0.3) is 5.69 Å². The first-order valence-electron chi connectivity index (χ1n) is 7.67. The molecule has 0 spiro atoms. The van der Waals surface area contributed by atoms with E-state index in [1.807, 2.05) is 30.3 Å². The van der Waals surface area contributed by atoms with Crippen LogP contribution in [0.3, 0.4) is 0 Å². The van der Waals surface area contributed by atoms with Gasteiger partial charge < -0.3 is 5.32 Å². The molecular formula is C18H16N4O3. The molecule has 3 aromatic rings. The van der Waals surface area contributed by atoms with Gasteiger partial charge in [0.15, 0.2) is 0 Å². The first-order chi connectivity index (χ1) is 12.0. The fourth-order valence-corrected chi connectivity index (χ4v) is 2.45. The highest BCUT2D eigenvalue weighted by molar-refractivity contribution is 5.92. The summed E-state index contributed by atoms with van der Waals surface area (Å²) < 4.78 is 1.69. The Morgan fingerprint density at radius 1 is 1.24 bits per heavy atom. The fourth-order valence-electron chi connectivity index (χ4n) is 2.45. The molecule has 2 aromatic carbocycles. The van der Waals surface area contributed by atoms with Crippen LogP contribution in [0.15, 0.2) is 60.9 Å². The van der Waals surface area contributed by atoms with Crippen molar-refractivity contribution in [3.63, 3.8) is 0 Å². The molecule has 7 heteroatoms.